The first-order valence-electron chi connectivity index (χ1n) is 7.32. The number of hydrogen-bond donors (Lipinski definition) is 3. The van der Waals surface area contributed by atoms with Crippen molar-refractivity contribution in [3.8, 4) is 0 Å². The van der Waals surface area contributed by atoms with Crippen LogP contribution >= 0.6 is 11.3 Å². The maximum atomic E-state index is 12.3. The highest BCUT2D eigenvalue weighted by Crippen LogP contribution is 2.26. The molecule has 1 fully saturated rings. The van der Waals surface area contributed by atoms with Crippen molar-refractivity contribution in [2.45, 2.75) is 38.1 Å². The molecule has 0 atom stereocenters. The highest BCUT2D eigenvalue weighted by Gasteiger charge is 2.17. The molecule has 4 N–H and O–H groups in total. The van der Waals surface area contributed by atoms with E-state index in [2.05, 4.69) is 5.32 Å². The summed E-state index contributed by atoms with van der Waals surface area (Å²) in [5.41, 5.74) is 6.20. The van der Waals surface area contributed by atoms with Gasteiger partial charge in [-0.3, -0.25) is 10.2 Å². The van der Waals surface area contributed by atoms with Crippen molar-refractivity contribution in [2.24, 2.45) is 5.73 Å². The fourth-order valence-electron chi connectivity index (χ4n) is 2.82. The van der Waals surface area contributed by atoms with Gasteiger partial charge >= 0.3 is 0 Å². The lowest BCUT2D eigenvalue weighted by molar-refractivity contribution is 0.0928. The van der Waals surface area contributed by atoms with Gasteiger partial charge in [-0.05, 0) is 36.4 Å². The Morgan fingerprint density at radius 2 is 2.00 bits per heavy atom. The van der Waals surface area contributed by atoms with Crippen molar-refractivity contribution in [1.82, 2.24) is 5.32 Å². The molecule has 0 radical (unpaired) electrons. The van der Waals surface area contributed by atoms with Gasteiger partial charge in [0.1, 0.15) is 5.84 Å². The quantitative estimate of drug-likeness (QED) is 0.601. The van der Waals surface area contributed by atoms with Crippen molar-refractivity contribution in [1.29, 1.82) is 5.41 Å². The smallest absolute Gasteiger partial charge is 0.251 e. The maximum Gasteiger partial charge on any atom is 0.251 e. The molecule has 1 aliphatic carbocycles. The lowest BCUT2D eigenvalue weighted by Crippen LogP contribution is -2.36. The number of fused-ring (bicyclic) bond motifs is 1. The summed E-state index contributed by atoms with van der Waals surface area (Å²) in [5.74, 6) is 0.0750. The first kappa shape index (κ1) is 14.1. The Labute approximate surface area is 127 Å². The SMILES string of the molecule is N=C(N)c1cc2ccc(C(=O)NC3CCCCC3)cc2s1. The van der Waals surface area contributed by atoms with Crippen LogP contribution in [0.25, 0.3) is 10.1 Å². The van der Waals surface area contributed by atoms with E-state index in [4.69, 9.17) is 11.1 Å². The number of nitrogen functional groups attached to an aromatic ring is 1. The van der Waals surface area contributed by atoms with E-state index in [0.717, 1.165) is 27.8 Å². The number of thiophene rings is 1. The Hall–Kier alpha value is -1.88. The molecule has 0 spiro atoms. The van der Waals surface area contributed by atoms with Crippen molar-refractivity contribution in [3.05, 3.63) is 34.7 Å². The van der Waals surface area contributed by atoms with Gasteiger partial charge in [0.15, 0.2) is 0 Å². The number of amides is 1. The molecule has 4 nitrogen and oxygen atoms in total. The summed E-state index contributed by atoms with van der Waals surface area (Å²) in [6, 6.07) is 7.87. The van der Waals surface area contributed by atoms with Crippen LogP contribution in [0.1, 0.15) is 47.3 Å². The molecule has 1 heterocycles. The van der Waals surface area contributed by atoms with E-state index in [1.54, 1.807) is 0 Å². The first-order chi connectivity index (χ1) is 10.1. The second-order valence-corrected chi connectivity index (χ2v) is 6.67. The first-order valence-corrected chi connectivity index (χ1v) is 8.14. The molecule has 2 aromatic rings. The minimum atomic E-state index is 0.00146. The number of hydrogen-bond acceptors (Lipinski definition) is 3. The molecule has 0 bridgehead atoms. The number of benzene rings is 1. The molecule has 110 valence electrons. The van der Waals surface area contributed by atoms with Crippen molar-refractivity contribution in [2.75, 3.05) is 0 Å². The van der Waals surface area contributed by atoms with E-state index in [9.17, 15) is 4.79 Å². The molecule has 1 amide bonds. The second kappa shape index (κ2) is 5.85. The molecule has 1 aromatic carbocycles. The highest BCUT2D eigenvalue weighted by atomic mass is 32.1. The van der Waals surface area contributed by atoms with Gasteiger partial charge in [-0.25, -0.2) is 0 Å². The average molecular weight is 301 g/mol. The van der Waals surface area contributed by atoms with Crippen molar-refractivity contribution in [3.63, 3.8) is 0 Å². The summed E-state index contributed by atoms with van der Waals surface area (Å²) in [6.45, 7) is 0. The third-order valence-electron chi connectivity index (χ3n) is 3.99. The molecule has 1 aliphatic rings. The largest absolute Gasteiger partial charge is 0.383 e. The van der Waals surface area contributed by atoms with Gasteiger partial charge in [-0.2, -0.15) is 0 Å². The van der Waals surface area contributed by atoms with Gasteiger partial charge < -0.3 is 11.1 Å². The number of carbonyl (C=O) groups is 1. The lowest BCUT2D eigenvalue weighted by Gasteiger charge is -2.22. The Kier molecular flexibility index (Phi) is 3.92. The summed E-state index contributed by atoms with van der Waals surface area (Å²) in [6.07, 6.45) is 5.86. The summed E-state index contributed by atoms with van der Waals surface area (Å²) in [5, 5.41) is 11.6. The minimum Gasteiger partial charge on any atom is -0.383 e. The van der Waals surface area contributed by atoms with E-state index < -0.39 is 0 Å². The zero-order chi connectivity index (χ0) is 14.8. The Morgan fingerprint density at radius 3 is 2.71 bits per heavy atom. The monoisotopic (exact) mass is 301 g/mol. The Bertz CT molecular complexity index is 686. The van der Waals surface area contributed by atoms with Gasteiger partial charge in [0, 0.05) is 16.3 Å². The lowest BCUT2D eigenvalue weighted by atomic mass is 9.95. The topological polar surface area (TPSA) is 79.0 Å². The van der Waals surface area contributed by atoms with E-state index in [1.807, 2.05) is 24.3 Å². The zero-order valence-electron chi connectivity index (χ0n) is 11.8. The third-order valence-corrected chi connectivity index (χ3v) is 5.12. The van der Waals surface area contributed by atoms with Crippen LogP contribution in [0.2, 0.25) is 0 Å². The summed E-state index contributed by atoms with van der Waals surface area (Å²) in [7, 11) is 0. The predicted molar refractivity (Wildman–Crippen MR) is 87.2 cm³/mol. The molecule has 0 aliphatic heterocycles. The van der Waals surface area contributed by atoms with Gasteiger partial charge in [-0.15, -0.1) is 11.3 Å². The molecule has 3 rings (SSSR count). The van der Waals surface area contributed by atoms with Crippen LogP contribution in [0.3, 0.4) is 0 Å². The van der Waals surface area contributed by atoms with E-state index >= 15 is 0 Å². The Morgan fingerprint density at radius 1 is 1.24 bits per heavy atom. The average Bonchev–Trinajstić information content (AvgIpc) is 2.91. The van der Waals surface area contributed by atoms with Crippen LogP contribution in [0.15, 0.2) is 24.3 Å². The summed E-state index contributed by atoms with van der Waals surface area (Å²) < 4.78 is 0.997. The maximum absolute atomic E-state index is 12.3. The van der Waals surface area contributed by atoms with E-state index in [0.29, 0.717) is 11.6 Å². The van der Waals surface area contributed by atoms with Gasteiger partial charge in [0.05, 0.1) is 4.88 Å². The van der Waals surface area contributed by atoms with E-state index in [1.165, 1.54) is 30.6 Å². The molecule has 1 aromatic heterocycles. The molecule has 21 heavy (non-hydrogen) atoms. The Balaban J connectivity index is 1.79. The molecular formula is C16H19N3OS. The van der Waals surface area contributed by atoms with Crippen molar-refractivity contribution >= 4 is 33.2 Å². The molecule has 0 saturated heterocycles. The fourth-order valence-corrected chi connectivity index (χ4v) is 3.78. The molecule has 0 unspecified atom stereocenters. The van der Waals surface area contributed by atoms with Crippen LogP contribution in [-0.4, -0.2) is 17.8 Å². The zero-order valence-corrected chi connectivity index (χ0v) is 12.6. The third kappa shape index (κ3) is 3.08. The normalized spacial score (nSPS) is 16.0. The van der Waals surface area contributed by atoms with Crippen LogP contribution in [0.5, 0.6) is 0 Å². The molecular weight excluding hydrogens is 282 g/mol. The van der Waals surface area contributed by atoms with Crippen LogP contribution in [0.4, 0.5) is 0 Å². The second-order valence-electron chi connectivity index (χ2n) is 5.59. The highest BCUT2D eigenvalue weighted by molar-refractivity contribution is 7.20. The standard InChI is InChI=1S/C16H19N3OS/c17-15(18)14-8-10-6-7-11(9-13(10)21-14)16(20)19-12-4-2-1-3-5-12/h6-9,12H,1-5H2,(H3,17,18)(H,19,20). The van der Waals surface area contributed by atoms with Gasteiger partial charge in [0.25, 0.3) is 5.91 Å². The van der Waals surface area contributed by atoms with Crippen LogP contribution in [0, 0.1) is 5.41 Å². The summed E-state index contributed by atoms with van der Waals surface area (Å²) in [4.78, 5) is 13.1. The number of nitrogens with two attached hydrogens (primary N) is 1. The van der Waals surface area contributed by atoms with Gasteiger partial charge in [-0.1, -0.05) is 25.3 Å². The van der Waals surface area contributed by atoms with Crippen LogP contribution in [-0.2, 0) is 0 Å². The minimum absolute atomic E-state index is 0.00146. The summed E-state index contributed by atoms with van der Waals surface area (Å²) >= 11 is 1.45. The molecule has 1 saturated carbocycles. The van der Waals surface area contributed by atoms with Crippen LogP contribution < -0.4 is 11.1 Å². The number of amidine groups is 1. The number of carbonyl (C=O) groups excluding carboxylic acids is 1. The fraction of sp³-hybridized carbons (Fsp3) is 0.375. The van der Waals surface area contributed by atoms with E-state index in [-0.39, 0.29) is 11.7 Å². The number of nitrogens with one attached hydrogen (secondary N) is 2. The number of rotatable bonds is 3. The van der Waals surface area contributed by atoms with Gasteiger partial charge in [0.2, 0.25) is 0 Å². The van der Waals surface area contributed by atoms with Crippen molar-refractivity contribution < 1.29 is 4.79 Å². The molecule has 5 heteroatoms. The predicted octanol–water partition coefficient (Wildman–Crippen LogP) is 3.25.